The van der Waals surface area contributed by atoms with E-state index in [0.29, 0.717) is 12.8 Å². The summed E-state index contributed by atoms with van der Waals surface area (Å²) in [5.74, 6) is -1.79. The molecule has 0 aliphatic rings. The Morgan fingerprint density at radius 1 is 1.31 bits per heavy atom. The van der Waals surface area contributed by atoms with Crippen molar-refractivity contribution in [3.05, 3.63) is 0 Å². The van der Waals surface area contributed by atoms with Crippen molar-refractivity contribution in [2.24, 2.45) is 0 Å². The number of likely N-dealkylation sites (N-methyl/N-ethyl adjacent to an activating group) is 1. The van der Waals surface area contributed by atoms with Crippen molar-refractivity contribution >= 4 is 11.9 Å². The molecule has 0 aliphatic heterocycles. The highest BCUT2D eigenvalue weighted by atomic mass is 16.4. The Balaban J connectivity index is 3.84. The first-order valence-electron chi connectivity index (χ1n) is 4.06. The van der Waals surface area contributed by atoms with Gasteiger partial charge in [-0.1, -0.05) is 0 Å². The highest BCUT2D eigenvalue weighted by molar-refractivity contribution is 5.73. The molecule has 13 heavy (non-hydrogen) atoms. The van der Waals surface area contributed by atoms with E-state index in [2.05, 4.69) is 0 Å². The first-order chi connectivity index (χ1) is 5.95. The van der Waals surface area contributed by atoms with Crippen molar-refractivity contribution in [1.82, 2.24) is 4.90 Å². The molecule has 5 heteroatoms. The van der Waals surface area contributed by atoms with E-state index in [1.165, 1.54) is 0 Å². The van der Waals surface area contributed by atoms with Gasteiger partial charge in [0.1, 0.15) is 6.04 Å². The van der Waals surface area contributed by atoms with E-state index in [-0.39, 0.29) is 6.42 Å². The third-order valence-corrected chi connectivity index (χ3v) is 1.78. The molecule has 0 fully saturated rings. The lowest BCUT2D eigenvalue weighted by atomic mass is 10.1. The zero-order valence-corrected chi connectivity index (χ0v) is 7.86. The van der Waals surface area contributed by atoms with Crippen LogP contribution in [0.5, 0.6) is 0 Å². The SMILES string of the molecule is CN(C)[C@@H](CCCC(=O)O)C(=O)O. The molecule has 0 saturated carbocycles. The fourth-order valence-corrected chi connectivity index (χ4v) is 1.05. The van der Waals surface area contributed by atoms with Gasteiger partial charge in [-0.05, 0) is 26.9 Å². The van der Waals surface area contributed by atoms with Gasteiger partial charge in [-0.25, -0.2) is 0 Å². The summed E-state index contributed by atoms with van der Waals surface area (Å²) in [5, 5.41) is 17.1. The smallest absolute Gasteiger partial charge is 0.320 e. The molecule has 0 aliphatic carbocycles. The Kier molecular flexibility index (Phi) is 5.06. The molecule has 0 aromatic carbocycles. The number of nitrogens with zero attached hydrogens (tertiary/aromatic N) is 1. The lowest BCUT2D eigenvalue weighted by Gasteiger charge is -2.19. The zero-order chi connectivity index (χ0) is 10.4. The minimum atomic E-state index is -0.907. The van der Waals surface area contributed by atoms with Gasteiger partial charge < -0.3 is 10.2 Å². The topological polar surface area (TPSA) is 77.8 Å². The second-order valence-electron chi connectivity index (χ2n) is 3.10. The second kappa shape index (κ2) is 5.53. The van der Waals surface area contributed by atoms with Gasteiger partial charge in [0.2, 0.25) is 0 Å². The fourth-order valence-electron chi connectivity index (χ4n) is 1.05. The highest BCUT2D eigenvalue weighted by Gasteiger charge is 2.19. The zero-order valence-electron chi connectivity index (χ0n) is 7.86. The number of hydrogen-bond acceptors (Lipinski definition) is 3. The molecule has 2 N–H and O–H groups in total. The molecular formula is C8H15NO4. The van der Waals surface area contributed by atoms with Crippen molar-refractivity contribution in [3.8, 4) is 0 Å². The van der Waals surface area contributed by atoms with Gasteiger partial charge in [-0.3, -0.25) is 14.5 Å². The summed E-state index contributed by atoms with van der Waals surface area (Å²) in [5.41, 5.74) is 0. The second-order valence-corrected chi connectivity index (χ2v) is 3.10. The third kappa shape index (κ3) is 5.19. The molecule has 0 heterocycles. The molecule has 0 bridgehead atoms. The number of carboxylic acids is 2. The van der Waals surface area contributed by atoms with Crippen LogP contribution in [0.1, 0.15) is 19.3 Å². The van der Waals surface area contributed by atoms with Gasteiger partial charge in [0, 0.05) is 6.42 Å². The average molecular weight is 189 g/mol. The van der Waals surface area contributed by atoms with Crippen LogP contribution in [0, 0.1) is 0 Å². The van der Waals surface area contributed by atoms with E-state index >= 15 is 0 Å². The summed E-state index contributed by atoms with van der Waals surface area (Å²) in [6.45, 7) is 0. The molecule has 0 aromatic heterocycles. The first-order valence-corrected chi connectivity index (χ1v) is 4.06. The summed E-state index contributed by atoms with van der Waals surface area (Å²) in [6.07, 6.45) is 0.788. The molecule has 0 spiro atoms. The van der Waals surface area contributed by atoms with Crippen LogP contribution in [-0.2, 0) is 9.59 Å². The normalized spacial score (nSPS) is 12.8. The summed E-state index contributed by atoms with van der Waals surface area (Å²) in [4.78, 5) is 22.4. The fraction of sp³-hybridized carbons (Fsp3) is 0.750. The molecule has 0 saturated heterocycles. The molecule has 76 valence electrons. The third-order valence-electron chi connectivity index (χ3n) is 1.78. The number of hydrogen-bond donors (Lipinski definition) is 2. The van der Waals surface area contributed by atoms with Gasteiger partial charge in [0.25, 0.3) is 0 Å². The molecule has 1 atom stereocenters. The van der Waals surface area contributed by atoms with Crippen molar-refractivity contribution < 1.29 is 19.8 Å². The Labute approximate surface area is 77.0 Å². The van der Waals surface area contributed by atoms with Crippen molar-refractivity contribution in [1.29, 1.82) is 0 Å². The van der Waals surface area contributed by atoms with Crippen LogP contribution >= 0.6 is 0 Å². The van der Waals surface area contributed by atoms with E-state index in [0.717, 1.165) is 0 Å². The highest BCUT2D eigenvalue weighted by Crippen LogP contribution is 2.05. The minimum absolute atomic E-state index is 0.0254. The van der Waals surface area contributed by atoms with Gasteiger partial charge in [-0.15, -0.1) is 0 Å². The molecule has 0 radical (unpaired) electrons. The summed E-state index contributed by atoms with van der Waals surface area (Å²) < 4.78 is 0. The quantitative estimate of drug-likeness (QED) is 0.626. The number of carbonyl (C=O) groups is 2. The average Bonchev–Trinajstić information content (AvgIpc) is 1.95. The molecule has 0 amide bonds. The lowest BCUT2D eigenvalue weighted by molar-refractivity contribution is -0.143. The van der Waals surface area contributed by atoms with E-state index in [1.54, 1.807) is 19.0 Å². The van der Waals surface area contributed by atoms with Crippen molar-refractivity contribution in [3.63, 3.8) is 0 Å². The van der Waals surface area contributed by atoms with Crippen LogP contribution in [-0.4, -0.2) is 47.2 Å². The van der Waals surface area contributed by atoms with Gasteiger partial charge in [0.05, 0.1) is 0 Å². The maximum atomic E-state index is 10.6. The lowest BCUT2D eigenvalue weighted by Crippen LogP contribution is -2.35. The summed E-state index contributed by atoms with van der Waals surface area (Å²) >= 11 is 0. The summed E-state index contributed by atoms with van der Waals surface area (Å²) in [7, 11) is 3.33. The minimum Gasteiger partial charge on any atom is -0.481 e. The van der Waals surface area contributed by atoms with E-state index in [9.17, 15) is 9.59 Å². The van der Waals surface area contributed by atoms with Crippen molar-refractivity contribution in [2.45, 2.75) is 25.3 Å². The predicted molar refractivity (Wildman–Crippen MR) is 46.6 cm³/mol. The Morgan fingerprint density at radius 2 is 1.85 bits per heavy atom. The monoisotopic (exact) mass is 189 g/mol. The Morgan fingerprint density at radius 3 is 2.15 bits per heavy atom. The molecule has 0 unspecified atom stereocenters. The van der Waals surface area contributed by atoms with Crippen LogP contribution in [0.3, 0.4) is 0 Å². The van der Waals surface area contributed by atoms with E-state index in [1.807, 2.05) is 0 Å². The van der Waals surface area contributed by atoms with Crippen LogP contribution in [0.15, 0.2) is 0 Å². The molecular weight excluding hydrogens is 174 g/mol. The summed E-state index contributed by atoms with van der Waals surface area (Å²) in [6, 6.07) is -0.584. The van der Waals surface area contributed by atoms with Crippen molar-refractivity contribution in [2.75, 3.05) is 14.1 Å². The molecule has 0 aromatic rings. The largest absolute Gasteiger partial charge is 0.481 e. The Bertz CT molecular complexity index is 191. The predicted octanol–water partition coefficient (Wildman–Crippen LogP) is 0.256. The van der Waals surface area contributed by atoms with E-state index in [4.69, 9.17) is 10.2 Å². The number of rotatable bonds is 6. The molecule has 0 rings (SSSR count). The van der Waals surface area contributed by atoms with Crippen LogP contribution in [0.25, 0.3) is 0 Å². The first kappa shape index (κ1) is 11.9. The maximum Gasteiger partial charge on any atom is 0.320 e. The van der Waals surface area contributed by atoms with E-state index < -0.39 is 18.0 Å². The van der Waals surface area contributed by atoms with Crippen LogP contribution < -0.4 is 0 Å². The molecule has 5 nitrogen and oxygen atoms in total. The van der Waals surface area contributed by atoms with Gasteiger partial charge in [-0.2, -0.15) is 0 Å². The number of carboxylic acid groups (broad SMARTS) is 2. The van der Waals surface area contributed by atoms with Crippen LogP contribution in [0.4, 0.5) is 0 Å². The maximum absolute atomic E-state index is 10.6. The standard InChI is InChI=1S/C8H15NO4/c1-9(2)6(8(12)13)4-3-5-7(10)11/h6H,3-5H2,1-2H3,(H,10,11)(H,12,13)/t6-/m0/s1. The van der Waals surface area contributed by atoms with Crippen LogP contribution in [0.2, 0.25) is 0 Å². The number of aliphatic carboxylic acids is 2. The van der Waals surface area contributed by atoms with Gasteiger partial charge >= 0.3 is 11.9 Å². The Hall–Kier alpha value is -1.10. The van der Waals surface area contributed by atoms with Gasteiger partial charge in [0.15, 0.2) is 0 Å².